The number of hydrogen-bond acceptors (Lipinski definition) is 18. The minimum atomic E-state index is -0.880. The average Bonchev–Trinajstić information content (AvgIpc) is 1.53. The molecule has 7 aliphatic rings. The lowest BCUT2D eigenvalue weighted by Gasteiger charge is -2.47. The first kappa shape index (κ1) is 112. The quantitative estimate of drug-likeness (QED) is 0.0866. The number of nitrogens with zero attached hydrogens (tertiary/aromatic N) is 16. The van der Waals surface area contributed by atoms with Gasteiger partial charge in [0.2, 0.25) is 11.9 Å². The third-order valence-corrected chi connectivity index (χ3v) is 30.5. The number of piperazine rings is 2. The number of fused-ring (bicyclic) bond motifs is 4. The van der Waals surface area contributed by atoms with Gasteiger partial charge < -0.3 is 59.3 Å². The predicted octanol–water partition coefficient (Wildman–Crippen LogP) is 27.4. The second-order valence-electron chi connectivity index (χ2n) is 42.0. The van der Waals surface area contributed by atoms with Crippen molar-refractivity contribution in [3.8, 4) is 11.5 Å². The van der Waals surface area contributed by atoms with Gasteiger partial charge in [-0.05, 0) is 251 Å². The van der Waals surface area contributed by atoms with Crippen molar-refractivity contribution in [2.24, 2.45) is 9.98 Å². The third kappa shape index (κ3) is 22.4. The molecule has 0 radical (unpaired) electrons. The van der Waals surface area contributed by atoms with Gasteiger partial charge in [-0.3, -0.25) is 29.4 Å². The summed E-state index contributed by atoms with van der Waals surface area (Å²) < 4.78 is 12.6. The molecule has 10 aromatic carbocycles. The Balaban J connectivity index is 0.000000166. The molecule has 8 heterocycles. The van der Waals surface area contributed by atoms with Gasteiger partial charge in [-0.25, -0.2) is 19.6 Å². The van der Waals surface area contributed by atoms with Crippen LogP contribution in [0.15, 0.2) is 253 Å². The summed E-state index contributed by atoms with van der Waals surface area (Å²) in [6, 6.07) is 77.6. The van der Waals surface area contributed by atoms with Crippen LogP contribution in [0.3, 0.4) is 0 Å². The largest absolute Gasteiger partial charge is 0.493 e. The molecule has 1 aliphatic carbocycles. The second-order valence-corrected chi connectivity index (χ2v) is 42.9. The SMILES string of the molecule is C.C.C.CCC(C)N1c2ccccc2C(=O)N(C)c2cnc(Nc3ccc(C)cc3)nc21.CCOc1cc(C(C)(C)C)ccc1C1=N[C@@](C)(c2ccc(C)cc2)[C@@](C)(c2ccc(Cl)cc2)N1C(=O)N1CCN(C)CC1.CCOc1cc(C(C)(C)C)ccc1C1=N[C@@](C)(c2ccc(C)cc2)[C@@](C)(c2ccc(Cl)cc2)N1C(=O)N1CCN(C)CC1.Cc1ccc(Nc2ncc3c(n2)N(C2CCCC2)c2ccccc2C(=O)N3C)cc1. The molecule has 2 aromatic heterocycles. The van der Waals surface area contributed by atoms with Crippen LogP contribution in [0.2, 0.25) is 10.0 Å². The number of hydrogen-bond donors (Lipinski definition) is 2. The van der Waals surface area contributed by atoms with Gasteiger partial charge >= 0.3 is 12.1 Å². The lowest BCUT2D eigenvalue weighted by Crippen LogP contribution is -2.60. The summed E-state index contributed by atoms with van der Waals surface area (Å²) >= 11 is 12.8. The number of amides is 6. The minimum absolute atomic E-state index is 0. The molecule has 26 heteroatoms. The number of urea groups is 2. The number of nitrogens with one attached hydrogen (secondary N) is 2. The monoisotopic (exact) mass is 2040 g/mol. The van der Waals surface area contributed by atoms with Gasteiger partial charge in [-0.2, -0.15) is 9.97 Å². The first-order chi connectivity index (χ1) is 69.2. The number of amidine groups is 2. The molecule has 1 saturated carbocycles. The summed E-state index contributed by atoms with van der Waals surface area (Å²) in [6.45, 7) is 45.2. The van der Waals surface area contributed by atoms with E-state index in [1.807, 2.05) is 167 Å². The Morgan fingerprint density at radius 2 is 0.777 bits per heavy atom. The van der Waals surface area contributed by atoms with Gasteiger partial charge in [0.1, 0.15) is 56.7 Å². The van der Waals surface area contributed by atoms with Crippen molar-refractivity contribution in [3.63, 3.8) is 0 Å². The lowest BCUT2D eigenvalue weighted by molar-refractivity contribution is 0.0913. The molecule has 2 N–H and O–H groups in total. The Morgan fingerprint density at radius 1 is 0.432 bits per heavy atom. The maximum Gasteiger partial charge on any atom is 0.326 e. The Labute approximate surface area is 889 Å². The van der Waals surface area contributed by atoms with Crippen LogP contribution in [0.5, 0.6) is 11.5 Å². The molecular weight excluding hydrogens is 1880 g/mol. The number of benzene rings is 10. The molecule has 148 heavy (non-hydrogen) atoms. The van der Waals surface area contributed by atoms with E-state index < -0.39 is 22.2 Å². The number of anilines is 10. The normalized spacial score (nSPS) is 19.4. The van der Waals surface area contributed by atoms with Crippen molar-refractivity contribution < 1.29 is 28.7 Å². The second kappa shape index (κ2) is 46.1. The van der Waals surface area contributed by atoms with E-state index >= 15 is 0 Å². The van der Waals surface area contributed by atoms with E-state index in [0.29, 0.717) is 95.9 Å². The van der Waals surface area contributed by atoms with Crippen LogP contribution < -0.4 is 39.7 Å². The van der Waals surface area contributed by atoms with Crippen molar-refractivity contribution in [2.75, 3.05) is 124 Å². The number of aryl methyl sites for hydroxylation is 4. The van der Waals surface area contributed by atoms with Crippen molar-refractivity contribution in [3.05, 3.63) is 331 Å². The first-order valence-electron chi connectivity index (χ1n) is 50.9. The average molecular weight is 2040 g/mol. The third-order valence-electron chi connectivity index (χ3n) is 30.0. The fourth-order valence-corrected chi connectivity index (χ4v) is 20.7. The van der Waals surface area contributed by atoms with Gasteiger partial charge in [0.25, 0.3) is 11.8 Å². The highest BCUT2D eigenvalue weighted by Crippen LogP contribution is 2.57. The number of rotatable bonds is 17. The highest BCUT2D eigenvalue weighted by Gasteiger charge is 2.62. The number of likely N-dealkylation sites (N-methyl/N-ethyl adjacent to an activating group) is 2. The fraction of sp³-hybridized carbons (Fsp3) is 0.393. The summed E-state index contributed by atoms with van der Waals surface area (Å²) in [4.78, 5) is 106. The van der Waals surface area contributed by atoms with Crippen molar-refractivity contribution >= 4 is 116 Å². The summed E-state index contributed by atoms with van der Waals surface area (Å²) in [6.07, 6.45) is 8.97. The van der Waals surface area contributed by atoms with E-state index in [0.717, 1.165) is 142 Å². The summed E-state index contributed by atoms with van der Waals surface area (Å²) in [7, 11) is 7.77. The Bertz CT molecular complexity index is 6520. The molecule has 1 unspecified atom stereocenters. The van der Waals surface area contributed by atoms with Crippen LogP contribution in [0.4, 0.5) is 67.2 Å². The van der Waals surface area contributed by atoms with E-state index in [-0.39, 0.29) is 63.0 Å². The highest BCUT2D eigenvalue weighted by atomic mass is 35.5. The van der Waals surface area contributed by atoms with Crippen LogP contribution in [-0.4, -0.2) is 191 Å². The van der Waals surface area contributed by atoms with Crippen LogP contribution in [0, 0.1) is 27.7 Å². The molecule has 0 bridgehead atoms. The van der Waals surface area contributed by atoms with E-state index in [1.54, 1.807) is 36.3 Å². The molecule has 24 nitrogen and oxygen atoms in total. The van der Waals surface area contributed by atoms with Gasteiger partial charge in [-0.15, -0.1) is 0 Å². The first-order valence-corrected chi connectivity index (χ1v) is 51.7. The number of aliphatic imine (C=N–C) groups is 2. The molecule has 19 rings (SSSR count). The van der Waals surface area contributed by atoms with Crippen LogP contribution in [0.1, 0.15) is 239 Å². The smallest absolute Gasteiger partial charge is 0.326 e. The van der Waals surface area contributed by atoms with Crippen LogP contribution in [-0.2, 0) is 33.0 Å². The molecule has 3 fully saturated rings. The maximum atomic E-state index is 14.9. The Morgan fingerprint density at radius 3 is 1.15 bits per heavy atom. The number of carbonyl (C=O) groups excluding carboxylic acids is 4. The van der Waals surface area contributed by atoms with Crippen molar-refractivity contribution in [1.29, 1.82) is 0 Å². The van der Waals surface area contributed by atoms with Gasteiger partial charge in [0.05, 0.1) is 59.2 Å². The number of ether oxygens (including phenoxy) is 2. The molecule has 6 amide bonds. The standard InChI is InChI=1S/2C36H45ClN4O2.C24H25N5O.C23H25N5O.3CH4/c2*1-9-43-31-24-28(34(3,4)5)16-19-30(31)32-38-35(6,26-12-10-25(2)11-13-26)36(7,27-14-17-29(37)18-15-27)41(32)33(42)40-22-20-39(8)21-23-40;1-16-11-13-17(14-12-16)26-24-25-15-21-22(27-24)29(18-7-3-4-8-18)20-10-6-5-9-19(20)23(30)28(21)2;1-5-16(3)28-19-9-7-6-8-18(19)22(29)27(4)20-14-24-23(26-21(20)28)25-17-12-10-15(2)11-13-17;;;/h2*10-19,24H,9,20-23H2,1-8H3;5-6,9-15,18H,3-4,7-8H2,1-2H3,(H,25,26,27);6-14,16H,5H2,1-4H3,(H,24,25,26);3*1H4/t2*35-,36+;;;;;/m00...../s1. The van der Waals surface area contributed by atoms with Crippen LogP contribution >= 0.6 is 23.2 Å². The van der Waals surface area contributed by atoms with Gasteiger partial charge in [0.15, 0.2) is 11.6 Å². The molecule has 6 aliphatic heterocycles. The zero-order valence-corrected chi connectivity index (χ0v) is 89.7. The van der Waals surface area contributed by atoms with E-state index in [1.165, 1.54) is 35.1 Å². The highest BCUT2D eigenvalue weighted by molar-refractivity contribution is 6.31. The molecular formula is C122H152Cl2N18O6. The lowest BCUT2D eigenvalue weighted by atomic mass is 9.70. The van der Waals surface area contributed by atoms with E-state index in [9.17, 15) is 19.2 Å². The Kier molecular flexibility index (Phi) is 34.8. The minimum Gasteiger partial charge on any atom is -0.493 e. The van der Waals surface area contributed by atoms with Crippen molar-refractivity contribution in [2.45, 2.75) is 224 Å². The molecule has 12 aromatic rings. The van der Waals surface area contributed by atoms with Gasteiger partial charge in [0, 0.05) is 100.0 Å². The van der Waals surface area contributed by atoms with Crippen LogP contribution in [0.25, 0.3) is 0 Å². The number of carbonyl (C=O) groups is 4. The number of aromatic nitrogens is 4. The van der Waals surface area contributed by atoms with E-state index in [2.05, 4.69) is 262 Å². The molecule has 2 saturated heterocycles. The predicted molar refractivity (Wildman–Crippen MR) is 611 cm³/mol. The topological polar surface area (TPSA) is 219 Å². The summed E-state index contributed by atoms with van der Waals surface area (Å²) in [5.74, 6) is 5.15. The molecule has 780 valence electrons. The maximum absolute atomic E-state index is 14.9. The molecule has 0 spiro atoms. The fourth-order valence-electron chi connectivity index (χ4n) is 20.4. The Hall–Kier alpha value is -13.5. The molecule has 5 atom stereocenters. The van der Waals surface area contributed by atoms with E-state index in [4.69, 9.17) is 52.6 Å². The summed E-state index contributed by atoms with van der Waals surface area (Å²) in [5, 5.41) is 7.89. The zero-order chi connectivity index (χ0) is 104. The summed E-state index contributed by atoms with van der Waals surface area (Å²) in [5.41, 5.74) is 15.6. The van der Waals surface area contributed by atoms with Crippen molar-refractivity contribution in [1.82, 2.24) is 49.3 Å². The number of para-hydroxylation sites is 2. The van der Waals surface area contributed by atoms with Gasteiger partial charge in [-0.1, -0.05) is 263 Å². The zero-order valence-electron chi connectivity index (χ0n) is 88.2. The number of halogens is 2.